The average Bonchev–Trinajstić information content (AvgIpc) is 3.02. The fourth-order valence-electron chi connectivity index (χ4n) is 1.95. The molecule has 1 amide bonds. The fraction of sp³-hybridized carbons (Fsp3) is 0.294. The van der Waals surface area contributed by atoms with Gasteiger partial charge < -0.3 is 10.1 Å². The summed E-state index contributed by atoms with van der Waals surface area (Å²) in [5.74, 6) is -1.22. The lowest BCUT2D eigenvalue weighted by molar-refractivity contribution is -0.153. The van der Waals surface area contributed by atoms with E-state index in [1.54, 1.807) is 11.3 Å². The van der Waals surface area contributed by atoms with Crippen molar-refractivity contribution in [2.45, 2.75) is 32.3 Å². The number of hydrogen-bond acceptors (Lipinski definition) is 4. The van der Waals surface area contributed by atoms with Gasteiger partial charge in [0, 0.05) is 17.0 Å². The molecule has 0 unspecified atom stereocenters. The maximum absolute atomic E-state index is 12.8. The SMILES string of the molecule is C[C@H](OC(=O)CCCc1cccs1)C(=O)Nc1ccc(F)cc1. The number of nitrogens with one attached hydrogen (secondary N) is 1. The van der Waals surface area contributed by atoms with Gasteiger partial charge in [-0.25, -0.2) is 4.39 Å². The third-order valence-corrected chi connectivity index (χ3v) is 4.11. The molecule has 0 radical (unpaired) electrons. The summed E-state index contributed by atoms with van der Waals surface area (Å²) in [6, 6.07) is 9.38. The van der Waals surface area contributed by atoms with E-state index in [2.05, 4.69) is 5.32 Å². The van der Waals surface area contributed by atoms with Crippen LogP contribution in [0.3, 0.4) is 0 Å². The molecule has 1 heterocycles. The predicted octanol–water partition coefficient (Wildman–Crippen LogP) is 3.78. The Morgan fingerprint density at radius 1 is 1.26 bits per heavy atom. The highest BCUT2D eigenvalue weighted by atomic mass is 32.1. The molecule has 1 aromatic heterocycles. The van der Waals surface area contributed by atoms with Crippen molar-refractivity contribution in [2.24, 2.45) is 0 Å². The number of hydrogen-bond donors (Lipinski definition) is 1. The number of ether oxygens (including phenoxy) is 1. The van der Waals surface area contributed by atoms with Gasteiger partial charge in [0.1, 0.15) is 5.82 Å². The van der Waals surface area contributed by atoms with Crippen LogP contribution in [0.15, 0.2) is 41.8 Å². The van der Waals surface area contributed by atoms with E-state index < -0.39 is 18.0 Å². The molecule has 0 bridgehead atoms. The molecule has 4 nitrogen and oxygen atoms in total. The number of carbonyl (C=O) groups is 2. The van der Waals surface area contributed by atoms with Crippen LogP contribution < -0.4 is 5.32 Å². The maximum Gasteiger partial charge on any atom is 0.306 e. The van der Waals surface area contributed by atoms with Gasteiger partial charge in [-0.15, -0.1) is 11.3 Å². The Hall–Kier alpha value is -2.21. The molecule has 0 saturated carbocycles. The molecule has 0 saturated heterocycles. The summed E-state index contributed by atoms with van der Waals surface area (Å²) in [6.07, 6.45) is 0.884. The van der Waals surface area contributed by atoms with Gasteiger partial charge in [-0.1, -0.05) is 6.07 Å². The van der Waals surface area contributed by atoms with Gasteiger partial charge in [-0.3, -0.25) is 9.59 Å². The summed E-state index contributed by atoms with van der Waals surface area (Å²) in [5.41, 5.74) is 0.456. The number of halogens is 1. The first kappa shape index (κ1) is 17.1. The highest BCUT2D eigenvalue weighted by molar-refractivity contribution is 7.09. The van der Waals surface area contributed by atoms with Crippen molar-refractivity contribution in [1.29, 1.82) is 0 Å². The first-order valence-corrected chi connectivity index (χ1v) is 8.21. The molecule has 23 heavy (non-hydrogen) atoms. The van der Waals surface area contributed by atoms with Gasteiger partial charge in [-0.2, -0.15) is 0 Å². The second-order valence-corrected chi connectivity index (χ2v) is 6.09. The van der Waals surface area contributed by atoms with Crippen LogP contribution in [0.5, 0.6) is 0 Å². The van der Waals surface area contributed by atoms with Gasteiger partial charge in [-0.05, 0) is 55.5 Å². The Kier molecular flexibility index (Phi) is 6.29. The third kappa shape index (κ3) is 5.83. The van der Waals surface area contributed by atoms with Gasteiger partial charge in [0.15, 0.2) is 6.10 Å². The van der Waals surface area contributed by atoms with Crippen molar-refractivity contribution < 1.29 is 18.7 Å². The molecule has 0 aliphatic carbocycles. The number of carbonyl (C=O) groups excluding carboxylic acids is 2. The lowest BCUT2D eigenvalue weighted by Crippen LogP contribution is -2.29. The molecule has 122 valence electrons. The van der Waals surface area contributed by atoms with Crippen LogP contribution in [-0.2, 0) is 20.7 Å². The zero-order chi connectivity index (χ0) is 16.7. The molecule has 0 fully saturated rings. The fourth-order valence-corrected chi connectivity index (χ4v) is 2.70. The largest absolute Gasteiger partial charge is 0.453 e. The van der Waals surface area contributed by atoms with Gasteiger partial charge in [0.25, 0.3) is 5.91 Å². The number of benzene rings is 1. The van der Waals surface area contributed by atoms with E-state index in [4.69, 9.17) is 4.74 Å². The van der Waals surface area contributed by atoms with Crippen molar-refractivity contribution in [2.75, 3.05) is 5.32 Å². The number of aryl methyl sites for hydroxylation is 1. The molecule has 1 atom stereocenters. The molecule has 1 aromatic carbocycles. The molecule has 6 heteroatoms. The quantitative estimate of drug-likeness (QED) is 0.784. The Labute approximate surface area is 138 Å². The normalized spacial score (nSPS) is 11.7. The van der Waals surface area contributed by atoms with Crippen LogP contribution in [0.1, 0.15) is 24.6 Å². The summed E-state index contributed by atoms with van der Waals surface area (Å²) < 4.78 is 17.9. The molecule has 0 aliphatic rings. The molecular formula is C17H18FNO3S. The van der Waals surface area contributed by atoms with E-state index in [9.17, 15) is 14.0 Å². The molecule has 1 N–H and O–H groups in total. The highest BCUT2D eigenvalue weighted by Gasteiger charge is 2.17. The number of rotatable bonds is 7. The van der Waals surface area contributed by atoms with Crippen LogP contribution in [0.4, 0.5) is 10.1 Å². The lowest BCUT2D eigenvalue weighted by atomic mass is 10.2. The van der Waals surface area contributed by atoms with Crippen molar-refractivity contribution in [3.05, 3.63) is 52.5 Å². The summed E-state index contributed by atoms with van der Waals surface area (Å²) in [6.45, 7) is 1.51. The van der Waals surface area contributed by atoms with Crippen LogP contribution in [0.2, 0.25) is 0 Å². The van der Waals surface area contributed by atoms with Crippen LogP contribution in [-0.4, -0.2) is 18.0 Å². The van der Waals surface area contributed by atoms with Crippen LogP contribution in [0, 0.1) is 5.82 Å². The summed E-state index contributed by atoms with van der Waals surface area (Å²) >= 11 is 1.65. The second-order valence-electron chi connectivity index (χ2n) is 5.06. The maximum atomic E-state index is 12.8. The van der Waals surface area contributed by atoms with Gasteiger partial charge in [0.2, 0.25) is 0 Å². The zero-order valence-corrected chi connectivity index (χ0v) is 13.6. The predicted molar refractivity (Wildman–Crippen MR) is 87.8 cm³/mol. The number of amides is 1. The number of thiophene rings is 1. The minimum atomic E-state index is -0.894. The second kappa shape index (κ2) is 8.43. The van der Waals surface area contributed by atoms with Crippen molar-refractivity contribution in [3.8, 4) is 0 Å². The lowest BCUT2D eigenvalue weighted by Gasteiger charge is -2.13. The van der Waals surface area contributed by atoms with E-state index in [1.807, 2.05) is 17.5 Å². The number of anilines is 1. The molecule has 2 aromatic rings. The average molecular weight is 335 g/mol. The van der Waals surface area contributed by atoms with E-state index >= 15 is 0 Å². The van der Waals surface area contributed by atoms with Crippen molar-refractivity contribution in [3.63, 3.8) is 0 Å². The molecule has 2 rings (SSSR count). The van der Waals surface area contributed by atoms with Crippen molar-refractivity contribution in [1.82, 2.24) is 0 Å². The van der Waals surface area contributed by atoms with E-state index in [1.165, 1.54) is 36.1 Å². The van der Waals surface area contributed by atoms with E-state index in [0.29, 0.717) is 12.1 Å². The summed E-state index contributed by atoms with van der Waals surface area (Å²) in [4.78, 5) is 24.9. The van der Waals surface area contributed by atoms with E-state index in [0.717, 1.165) is 6.42 Å². The highest BCUT2D eigenvalue weighted by Crippen LogP contribution is 2.13. The van der Waals surface area contributed by atoms with Crippen molar-refractivity contribution >= 4 is 28.9 Å². The number of esters is 1. The third-order valence-electron chi connectivity index (χ3n) is 3.17. The standard InChI is InChI=1S/C17H18FNO3S/c1-12(17(21)19-14-9-7-13(18)8-10-14)22-16(20)6-2-4-15-5-3-11-23-15/h3,5,7-12H,2,4,6H2,1H3,(H,19,21)/t12-/m0/s1. The molecule has 0 aliphatic heterocycles. The smallest absolute Gasteiger partial charge is 0.306 e. The van der Waals surface area contributed by atoms with Crippen LogP contribution in [0.25, 0.3) is 0 Å². The Morgan fingerprint density at radius 3 is 2.65 bits per heavy atom. The minimum absolute atomic E-state index is 0.270. The Morgan fingerprint density at radius 2 is 2.00 bits per heavy atom. The molecule has 0 spiro atoms. The Bertz CT molecular complexity index is 640. The zero-order valence-electron chi connectivity index (χ0n) is 12.8. The Balaban J connectivity index is 1.71. The molecular weight excluding hydrogens is 317 g/mol. The first-order chi connectivity index (χ1) is 11.0. The first-order valence-electron chi connectivity index (χ1n) is 7.33. The topological polar surface area (TPSA) is 55.4 Å². The van der Waals surface area contributed by atoms with Gasteiger partial charge >= 0.3 is 5.97 Å². The summed E-state index contributed by atoms with van der Waals surface area (Å²) in [5, 5.41) is 4.57. The monoisotopic (exact) mass is 335 g/mol. The van der Waals surface area contributed by atoms with E-state index in [-0.39, 0.29) is 12.2 Å². The minimum Gasteiger partial charge on any atom is -0.453 e. The summed E-state index contributed by atoms with van der Waals surface area (Å²) in [7, 11) is 0. The van der Waals surface area contributed by atoms with Gasteiger partial charge in [0.05, 0.1) is 0 Å². The van der Waals surface area contributed by atoms with Crippen LogP contribution >= 0.6 is 11.3 Å².